The van der Waals surface area contributed by atoms with E-state index in [9.17, 15) is 18.0 Å². The number of nitrogens with one attached hydrogen (secondary N) is 2. The number of alkyl halides is 3. The van der Waals surface area contributed by atoms with E-state index in [2.05, 4.69) is 5.32 Å². The molecule has 0 heterocycles. The van der Waals surface area contributed by atoms with E-state index in [0.717, 1.165) is 5.56 Å². The fourth-order valence-electron chi connectivity index (χ4n) is 1.69. The molecule has 1 amide bonds. The number of halogens is 3. The lowest BCUT2D eigenvalue weighted by Gasteiger charge is -2.14. The predicted molar refractivity (Wildman–Crippen MR) is 75.6 cm³/mol. The summed E-state index contributed by atoms with van der Waals surface area (Å²) in [5, 5.41) is 4.83. The Labute approximate surface area is 119 Å². The van der Waals surface area contributed by atoms with Crippen LogP contribution in [0.15, 0.2) is 48.5 Å². The predicted octanol–water partition coefficient (Wildman–Crippen LogP) is 4.24. The van der Waals surface area contributed by atoms with E-state index < -0.39 is 12.1 Å². The van der Waals surface area contributed by atoms with Crippen LogP contribution in [0.3, 0.4) is 0 Å². The summed E-state index contributed by atoms with van der Waals surface area (Å²) in [4.78, 5) is 11.0. The van der Waals surface area contributed by atoms with Crippen molar-refractivity contribution in [1.29, 1.82) is 0 Å². The zero-order valence-electron chi connectivity index (χ0n) is 11.2. The van der Waals surface area contributed by atoms with E-state index in [1.54, 1.807) is 30.3 Å². The van der Waals surface area contributed by atoms with Crippen molar-refractivity contribution in [2.75, 3.05) is 10.6 Å². The van der Waals surface area contributed by atoms with Gasteiger partial charge in [-0.1, -0.05) is 29.8 Å². The van der Waals surface area contributed by atoms with Crippen LogP contribution in [0, 0.1) is 6.92 Å². The van der Waals surface area contributed by atoms with Crippen molar-refractivity contribution in [2.24, 2.45) is 0 Å². The number of carbonyl (C=O) groups is 1. The standard InChI is InChI=1S/C15H13F3N2O/c1-10-6-8-11(9-7-10)19-12-4-2-3-5-13(12)20-14(21)15(16,17)18/h2-9,19H,1H3,(H,20,21). The number of carbonyl (C=O) groups excluding carboxylic acids is 1. The van der Waals surface area contributed by atoms with Gasteiger partial charge in [-0.15, -0.1) is 0 Å². The first-order valence-electron chi connectivity index (χ1n) is 6.17. The third-order valence-corrected chi connectivity index (χ3v) is 2.76. The molecule has 3 nitrogen and oxygen atoms in total. The van der Waals surface area contributed by atoms with Gasteiger partial charge in [-0.25, -0.2) is 0 Å². The van der Waals surface area contributed by atoms with E-state index in [1.807, 2.05) is 24.4 Å². The molecule has 0 aromatic heterocycles. The molecule has 0 bridgehead atoms. The molecule has 0 fully saturated rings. The molecule has 0 aliphatic rings. The molecular weight excluding hydrogens is 281 g/mol. The van der Waals surface area contributed by atoms with Gasteiger partial charge in [-0.05, 0) is 31.2 Å². The van der Waals surface area contributed by atoms with Gasteiger partial charge in [0, 0.05) is 5.69 Å². The Morgan fingerprint density at radius 2 is 1.52 bits per heavy atom. The molecule has 6 heteroatoms. The first kappa shape index (κ1) is 14.9. The van der Waals surface area contributed by atoms with E-state index >= 15 is 0 Å². The molecular formula is C15H13F3N2O. The van der Waals surface area contributed by atoms with Gasteiger partial charge in [-0.2, -0.15) is 13.2 Å². The van der Waals surface area contributed by atoms with Crippen LogP contribution in [0.2, 0.25) is 0 Å². The number of amides is 1. The number of rotatable bonds is 3. The summed E-state index contributed by atoms with van der Waals surface area (Å²) in [6.07, 6.45) is -4.92. The average molecular weight is 294 g/mol. The van der Waals surface area contributed by atoms with Gasteiger partial charge in [0.05, 0.1) is 11.4 Å². The first-order valence-corrected chi connectivity index (χ1v) is 6.17. The first-order chi connectivity index (χ1) is 9.86. The average Bonchev–Trinajstić information content (AvgIpc) is 2.42. The van der Waals surface area contributed by atoms with Gasteiger partial charge in [0.15, 0.2) is 0 Å². The minimum absolute atomic E-state index is 0.0698. The zero-order chi connectivity index (χ0) is 15.5. The number of anilines is 3. The Morgan fingerprint density at radius 1 is 0.952 bits per heavy atom. The lowest BCUT2D eigenvalue weighted by Crippen LogP contribution is -2.30. The highest BCUT2D eigenvalue weighted by atomic mass is 19.4. The molecule has 2 rings (SSSR count). The highest BCUT2D eigenvalue weighted by Crippen LogP contribution is 2.27. The molecule has 2 aromatic rings. The summed E-state index contributed by atoms with van der Waals surface area (Å²) >= 11 is 0. The Balaban J connectivity index is 2.21. The molecule has 0 spiro atoms. The SMILES string of the molecule is Cc1ccc(Nc2ccccc2NC(=O)C(F)(F)F)cc1. The Bertz CT molecular complexity index is 636. The van der Waals surface area contributed by atoms with Crippen LogP contribution in [-0.2, 0) is 4.79 Å². The molecule has 2 N–H and O–H groups in total. The second kappa shape index (κ2) is 5.87. The minimum atomic E-state index is -4.92. The molecule has 0 aliphatic carbocycles. The number of aryl methyl sites for hydroxylation is 1. The molecule has 0 unspecified atom stereocenters. The third kappa shape index (κ3) is 3.98. The van der Waals surface area contributed by atoms with Crippen molar-refractivity contribution in [1.82, 2.24) is 0 Å². The number of para-hydroxylation sites is 2. The van der Waals surface area contributed by atoms with E-state index in [0.29, 0.717) is 11.4 Å². The van der Waals surface area contributed by atoms with E-state index in [4.69, 9.17) is 0 Å². The number of hydrogen-bond acceptors (Lipinski definition) is 2. The van der Waals surface area contributed by atoms with Crippen LogP contribution in [-0.4, -0.2) is 12.1 Å². The maximum absolute atomic E-state index is 12.3. The van der Waals surface area contributed by atoms with Gasteiger partial charge < -0.3 is 10.6 Å². The summed E-state index contributed by atoms with van der Waals surface area (Å²) in [7, 11) is 0. The molecule has 2 aromatic carbocycles. The van der Waals surface area contributed by atoms with Gasteiger partial charge in [0.25, 0.3) is 0 Å². The number of hydrogen-bond donors (Lipinski definition) is 2. The molecule has 0 radical (unpaired) electrons. The molecule has 110 valence electrons. The highest BCUT2D eigenvalue weighted by Gasteiger charge is 2.38. The van der Waals surface area contributed by atoms with E-state index in [1.165, 1.54) is 6.07 Å². The second-order valence-corrected chi connectivity index (χ2v) is 4.49. The van der Waals surface area contributed by atoms with Crippen molar-refractivity contribution in [3.63, 3.8) is 0 Å². The van der Waals surface area contributed by atoms with Gasteiger partial charge in [0.2, 0.25) is 0 Å². The van der Waals surface area contributed by atoms with Gasteiger partial charge in [0.1, 0.15) is 0 Å². The maximum atomic E-state index is 12.3. The number of benzene rings is 2. The zero-order valence-corrected chi connectivity index (χ0v) is 11.2. The van der Waals surface area contributed by atoms with Crippen LogP contribution in [0.4, 0.5) is 30.2 Å². The lowest BCUT2D eigenvalue weighted by atomic mass is 10.2. The molecule has 0 atom stereocenters. The summed E-state index contributed by atoms with van der Waals surface area (Å²) in [5.41, 5.74) is 2.24. The Kier molecular flexibility index (Phi) is 4.16. The largest absolute Gasteiger partial charge is 0.471 e. The van der Waals surface area contributed by atoms with Crippen LogP contribution in [0.25, 0.3) is 0 Å². The van der Waals surface area contributed by atoms with Crippen LogP contribution >= 0.6 is 0 Å². The normalized spacial score (nSPS) is 11.0. The molecule has 0 aliphatic heterocycles. The monoisotopic (exact) mass is 294 g/mol. The summed E-state index contributed by atoms with van der Waals surface area (Å²) in [5.74, 6) is -2.00. The Hall–Kier alpha value is -2.50. The fraction of sp³-hybridized carbons (Fsp3) is 0.133. The maximum Gasteiger partial charge on any atom is 0.471 e. The third-order valence-electron chi connectivity index (χ3n) is 2.76. The van der Waals surface area contributed by atoms with E-state index in [-0.39, 0.29) is 5.69 Å². The van der Waals surface area contributed by atoms with Crippen molar-refractivity contribution >= 4 is 23.0 Å². The molecule has 21 heavy (non-hydrogen) atoms. The van der Waals surface area contributed by atoms with Crippen LogP contribution in [0.1, 0.15) is 5.56 Å². The summed E-state index contributed by atoms with van der Waals surface area (Å²) < 4.78 is 36.9. The summed E-state index contributed by atoms with van der Waals surface area (Å²) in [6.45, 7) is 1.93. The second-order valence-electron chi connectivity index (χ2n) is 4.49. The Morgan fingerprint density at radius 3 is 2.10 bits per heavy atom. The van der Waals surface area contributed by atoms with Crippen LogP contribution < -0.4 is 10.6 Å². The van der Waals surface area contributed by atoms with Crippen molar-refractivity contribution in [3.05, 3.63) is 54.1 Å². The molecule has 0 saturated carbocycles. The lowest BCUT2D eigenvalue weighted by molar-refractivity contribution is -0.167. The summed E-state index contributed by atoms with van der Waals surface area (Å²) in [6, 6.07) is 13.6. The van der Waals surface area contributed by atoms with Gasteiger partial charge >= 0.3 is 12.1 Å². The fourth-order valence-corrected chi connectivity index (χ4v) is 1.69. The van der Waals surface area contributed by atoms with Crippen molar-refractivity contribution in [3.8, 4) is 0 Å². The molecule has 0 saturated heterocycles. The smallest absolute Gasteiger partial charge is 0.354 e. The highest BCUT2D eigenvalue weighted by molar-refractivity contribution is 5.98. The quantitative estimate of drug-likeness (QED) is 0.889. The minimum Gasteiger partial charge on any atom is -0.354 e. The van der Waals surface area contributed by atoms with Crippen molar-refractivity contribution < 1.29 is 18.0 Å². The topological polar surface area (TPSA) is 41.1 Å². The van der Waals surface area contributed by atoms with Crippen molar-refractivity contribution in [2.45, 2.75) is 13.1 Å². The van der Waals surface area contributed by atoms with Crippen LogP contribution in [0.5, 0.6) is 0 Å². The van der Waals surface area contributed by atoms with Gasteiger partial charge in [-0.3, -0.25) is 4.79 Å².